The summed E-state index contributed by atoms with van der Waals surface area (Å²) >= 11 is 1.63. The molecule has 1 unspecified atom stereocenters. The van der Waals surface area contributed by atoms with Gasteiger partial charge in [0, 0.05) is 17.2 Å². The zero-order chi connectivity index (χ0) is 13.0. The van der Waals surface area contributed by atoms with Gasteiger partial charge in [-0.15, -0.1) is 11.8 Å². The van der Waals surface area contributed by atoms with Crippen LogP contribution in [0.3, 0.4) is 0 Å². The number of nitrogens with zero attached hydrogens (tertiary/aromatic N) is 1. The first-order chi connectivity index (χ1) is 8.66. The van der Waals surface area contributed by atoms with Crippen LogP contribution in [0, 0.1) is 5.82 Å². The molecule has 1 aliphatic heterocycles. The molecule has 98 valence electrons. The van der Waals surface area contributed by atoms with E-state index in [0.29, 0.717) is 0 Å². The molecule has 3 nitrogen and oxygen atoms in total. The van der Waals surface area contributed by atoms with Gasteiger partial charge in [-0.2, -0.15) is 0 Å². The van der Waals surface area contributed by atoms with Crippen LogP contribution in [0.1, 0.15) is 12.8 Å². The molecule has 1 heterocycles. The molecule has 0 saturated carbocycles. The van der Waals surface area contributed by atoms with Crippen molar-refractivity contribution < 1.29 is 14.3 Å². The van der Waals surface area contributed by atoms with E-state index >= 15 is 0 Å². The first-order valence-electron chi connectivity index (χ1n) is 6.02. The van der Waals surface area contributed by atoms with Gasteiger partial charge in [0.05, 0.1) is 0 Å². The lowest BCUT2D eigenvalue weighted by atomic mass is 10.2. The SMILES string of the molecule is O=C(O)C1CCCN1CCSc1ccc(F)cc1. The monoisotopic (exact) mass is 269 g/mol. The summed E-state index contributed by atoms with van der Waals surface area (Å²) in [5.41, 5.74) is 0. The highest BCUT2D eigenvalue weighted by molar-refractivity contribution is 7.99. The van der Waals surface area contributed by atoms with Crippen LogP contribution in [-0.2, 0) is 4.79 Å². The highest BCUT2D eigenvalue weighted by Gasteiger charge is 2.29. The van der Waals surface area contributed by atoms with E-state index < -0.39 is 5.97 Å². The van der Waals surface area contributed by atoms with Crippen molar-refractivity contribution in [2.24, 2.45) is 0 Å². The lowest BCUT2D eigenvalue weighted by Gasteiger charge is -2.20. The molecule has 5 heteroatoms. The van der Waals surface area contributed by atoms with Crippen LogP contribution in [-0.4, -0.2) is 40.9 Å². The van der Waals surface area contributed by atoms with Gasteiger partial charge < -0.3 is 5.11 Å². The zero-order valence-electron chi connectivity index (χ0n) is 10.0. The Balaban J connectivity index is 1.78. The fourth-order valence-corrected chi connectivity index (χ4v) is 3.08. The van der Waals surface area contributed by atoms with Gasteiger partial charge in [0.1, 0.15) is 11.9 Å². The summed E-state index contributed by atoms with van der Waals surface area (Å²) in [6.07, 6.45) is 1.70. The number of aliphatic carboxylic acids is 1. The second kappa shape index (κ2) is 6.20. The summed E-state index contributed by atoms with van der Waals surface area (Å²) in [5.74, 6) is -0.126. The highest BCUT2D eigenvalue weighted by Crippen LogP contribution is 2.21. The van der Waals surface area contributed by atoms with Crippen molar-refractivity contribution >= 4 is 17.7 Å². The number of halogens is 1. The standard InChI is InChI=1S/C13H16FNO2S/c14-10-3-5-11(6-4-10)18-9-8-15-7-1-2-12(15)13(16)17/h3-6,12H,1-2,7-9H2,(H,16,17). The Morgan fingerprint density at radius 1 is 1.44 bits per heavy atom. The van der Waals surface area contributed by atoms with Crippen LogP contribution in [0.4, 0.5) is 4.39 Å². The van der Waals surface area contributed by atoms with Crippen LogP contribution in [0.5, 0.6) is 0 Å². The van der Waals surface area contributed by atoms with Gasteiger partial charge in [-0.25, -0.2) is 4.39 Å². The number of rotatable bonds is 5. The van der Waals surface area contributed by atoms with Crippen molar-refractivity contribution in [3.05, 3.63) is 30.1 Å². The van der Waals surface area contributed by atoms with E-state index in [0.717, 1.165) is 36.6 Å². The van der Waals surface area contributed by atoms with Crippen molar-refractivity contribution in [3.8, 4) is 0 Å². The average molecular weight is 269 g/mol. The Morgan fingerprint density at radius 2 is 2.17 bits per heavy atom. The Morgan fingerprint density at radius 3 is 2.83 bits per heavy atom. The molecule has 18 heavy (non-hydrogen) atoms. The molecule has 0 aliphatic carbocycles. The molecule has 1 N–H and O–H groups in total. The first-order valence-corrected chi connectivity index (χ1v) is 7.00. The fourth-order valence-electron chi connectivity index (χ4n) is 2.19. The third-order valence-electron chi connectivity index (χ3n) is 3.11. The summed E-state index contributed by atoms with van der Waals surface area (Å²) in [5, 5.41) is 9.04. The maximum absolute atomic E-state index is 12.7. The quantitative estimate of drug-likeness (QED) is 0.834. The van der Waals surface area contributed by atoms with Crippen LogP contribution >= 0.6 is 11.8 Å². The largest absolute Gasteiger partial charge is 0.480 e. The lowest BCUT2D eigenvalue weighted by Crippen LogP contribution is -2.37. The van der Waals surface area contributed by atoms with E-state index in [9.17, 15) is 9.18 Å². The van der Waals surface area contributed by atoms with Crippen LogP contribution < -0.4 is 0 Å². The molecule has 0 radical (unpaired) electrons. The van der Waals surface area contributed by atoms with E-state index in [1.54, 1.807) is 23.9 Å². The molecule has 0 spiro atoms. The molecule has 1 aliphatic rings. The zero-order valence-corrected chi connectivity index (χ0v) is 10.8. The average Bonchev–Trinajstić information content (AvgIpc) is 2.80. The molecule has 0 bridgehead atoms. The highest BCUT2D eigenvalue weighted by atomic mass is 32.2. The number of thioether (sulfide) groups is 1. The number of likely N-dealkylation sites (tertiary alicyclic amines) is 1. The Labute approximate surface area is 110 Å². The molecule has 1 aromatic rings. The van der Waals surface area contributed by atoms with Gasteiger partial charge >= 0.3 is 5.97 Å². The van der Waals surface area contributed by atoms with E-state index in [1.807, 2.05) is 4.90 Å². The van der Waals surface area contributed by atoms with Gasteiger partial charge in [0.25, 0.3) is 0 Å². The Bertz CT molecular complexity index is 410. The van der Waals surface area contributed by atoms with E-state index in [2.05, 4.69) is 0 Å². The normalized spacial score (nSPS) is 20.2. The number of hydrogen-bond acceptors (Lipinski definition) is 3. The predicted molar refractivity (Wildman–Crippen MR) is 69.4 cm³/mol. The predicted octanol–water partition coefficient (Wildman–Crippen LogP) is 2.47. The summed E-state index contributed by atoms with van der Waals surface area (Å²) in [6.45, 7) is 1.62. The molecule has 1 aromatic carbocycles. The molecule has 0 aromatic heterocycles. The molecule has 1 atom stereocenters. The molecule has 1 saturated heterocycles. The van der Waals surface area contributed by atoms with Gasteiger partial charge in [0.2, 0.25) is 0 Å². The van der Waals surface area contributed by atoms with Crippen molar-refractivity contribution in [2.45, 2.75) is 23.8 Å². The number of carbonyl (C=O) groups is 1. The van der Waals surface area contributed by atoms with Crippen molar-refractivity contribution in [2.75, 3.05) is 18.8 Å². The minimum atomic E-state index is -0.723. The van der Waals surface area contributed by atoms with Crippen molar-refractivity contribution in [3.63, 3.8) is 0 Å². The number of hydrogen-bond donors (Lipinski definition) is 1. The molecule has 2 rings (SSSR count). The summed E-state index contributed by atoms with van der Waals surface area (Å²) in [6, 6.07) is 6.06. The van der Waals surface area contributed by atoms with E-state index in [-0.39, 0.29) is 11.9 Å². The second-order valence-electron chi connectivity index (χ2n) is 4.33. The number of benzene rings is 1. The van der Waals surface area contributed by atoms with Crippen LogP contribution in [0.25, 0.3) is 0 Å². The summed E-state index contributed by atoms with van der Waals surface area (Å²) < 4.78 is 12.7. The third-order valence-corrected chi connectivity index (χ3v) is 4.10. The lowest BCUT2D eigenvalue weighted by molar-refractivity contribution is -0.142. The van der Waals surface area contributed by atoms with Crippen LogP contribution in [0.2, 0.25) is 0 Å². The number of carboxylic acid groups (broad SMARTS) is 1. The van der Waals surface area contributed by atoms with Crippen molar-refractivity contribution in [1.82, 2.24) is 4.90 Å². The molecular formula is C13H16FNO2S. The maximum Gasteiger partial charge on any atom is 0.320 e. The minimum Gasteiger partial charge on any atom is -0.480 e. The second-order valence-corrected chi connectivity index (χ2v) is 5.50. The Hall–Kier alpha value is -1.07. The minimum absolute atomic E-state index is 0.232. The van der Waals surface area contributed by atoms with E-state index in [1.165, 1.54) is 12.1 Å². The van der Waals surface area contributed by atoms with Gasteiger partial charge in [-0.05, 0) is 43.7 Å². The molecule has 1 fully saturated rings. The van der Waals surface area contributed by atoms with E-state index in [4.69, 9.17) is 5.11 Å². The third kappa shape index (κ3) is 3.46. The molecular weight excluding hydrogens is 253 g/mol. The van der Waals surface area contributed by atoms with Gasteiger partial charge in [0.15, 0.2) is 0 Å². The smallest absolute Gasteiger partial charge is 0.320 e. The first kappa shape index (κ1) is 13.4. The summed E-state index contributed by atoms with van der Waals surface area (Å²) in [4.78, 5) is 14.0. The number of carboxylic acids is 1. The van der Waals surface area contributed by atoms with Crippen LogP contribution in [0.15, 0.2) is 29.2 Å². The maximum atomic E-state index is 12.7. The summed E-state index contributed by atoms with van der Waals surface area (Å²) in [7, 11) is 0. The molecule has 0 amide bonds. The van der Waals surface area contributed by atoms with Gasteiger partial charge in [-0.3, -0.25) is 9.69 Å². The fraction of sp³-hybridized carbons (Fsp3) is 0.462. The Kier molecular flexibility index (Phi) is 4.60. The topological polar surface area (TPSA) is 40.5 Å². The van der Waals surface area contributed by atoms with Gasteiger partial charge in [-0.1, -0.05) is 0 Å². The van der Waals surface area contributed by atoms with Crippen molar-refractivity contribution in [1.29, 1.82) is 0 Å².